The highest BCUT2D eigenvalue weighted by Crippen LogP contribution is 2.19. The number of carbonyl (C=O) groups excluding carboxylic acids is 1. The van der Waals surface area contributed by atoms with Gasteiger partial charge in [-0.1, -0.05) is 0 Å². The number of nitrogens with zero attached hydrogens (tertiary/aromatic N) is 3. The van der Waals surface area contributed by atoms with Crippen LogP contribution in [0.5, 0.6) is 0 Å². The normalized spacial score (nSPS) is 20.0. The first kappa shape index (κ1) is 24.0. The van der Waals surface area contributed by atoms with Gasteiger partial charge in [0.25, 0.3) is 0 Å². The standard InChI is InChI=1S/C22H40N6O2/c1-6-23-20(25-13-7-8-15-28-16-14-24-17(28)2)26-18-9-11-19(12-10-18)27-21(29)30-22(3,4)5/h14,16,18-19H,6-13,15H2,1-5H3,(H,27,29)(H2,23,25,26). The lowest BCUT2D eigenvalue weighted by molar-refractivity contribution is 0.0490. The molecular formula is C22H40N6O2. The lowest BCUT2D eigenvalue weighted by Gasteiger charge is -2.31. The van der Waals surface area contributed by atoms with Crippen LogP contribution in [0.4, 0.5) is 4.79 Å². The SMILES string of the molecule is CCNC(=NCCCCn1ccnc1C)NC1CCC(NC(=O)OC(C)(C)C)CC1. The minimum Gasteiger partial charge on any atom is -0.444 e. The Morgan fingerprint density at radius 1 is 1.20 bits per heavy atom. The summed E-state index contributed by atoms with van der Waals surface area (Å²) < 4.78 is 7.54. The number of ether oxygens (including phenoxy) is 1. The maximum Gasteiger partial charge on any atom is 0.407 e. The van der Waals surface area contributed by atoms with Crippen molar-refractivity contribution in [3.8, 4) is 0 Å². The minimum absolute atomic E-state index is 0.184. The van der Waals surface area contributed by atoms with E-state index < -0.39 is 5.60 Å². The van der Waals surface area contributed by atoms with Gasteiger partial charge in [-0.05, 0) is 73.1 Å². The van der Waals surface area contributed by atoms with E-state index >= 15 is 0 Å². The lowest BCUT2D eigenvalue weighted by Crippen LogP contribution is -2.48. The summed E-state index contributed by atoms with van der Waals surface area (Å²) in [4.78, 5) is 20.9. The van der Waals surface area contributed by atoms with Crippen LogP contribution in [0.25, 0.3) is 0 Å². The summed E-state index contributed by atoms with van der Waals surface area (Å²) in [5.74, 6) is 1.95. The van der Waals surface area contributed by atoms with Crippen molar-refractivity contribution < 1.29 is 9.53 Å². The lowest BCUT2D eigenvalue weighted by atomic mass is 9.91. The Morgan fingerprint density at radius 3 is 2.43 bits per heavy atom. The molecule has 1 aromatic heterocycles. The number of unbranched alkanes of at least 4 members (excludes halogenated alkanes) is 1. The van der Waals surface area contributed by atoms with Gasteiger partial charge in [0.1, 0.15) is 11.4 Å². The van der Waals surface area contributed by atoms with Gasteiger partial charge >= 0.3 is 6.09 Å². The van der Waals surface area contributed by atoms with Crippen molar-refractivity contribution in [2.75, 3.05) is 13.1 Å². The zero-order chi connectivity index (χ0) is 22.0. The van der Waals surface area contributed by atoms with Gasteiger partial charge in [0.15, 0.2) is 5.96 Å². The van der Waals surface area contributed by atoms with Gasteiger partial charge in [-0.15, -0.1) is 0 Å². The topological polar surface area (TPSA) is 92.6 Å². The first-order chi connectivity index (χ1) is 14.3. The largest absolute Gasteiger partial charge is 0.444 e. The molecule has 0 spiro atoms. The molecule has 0 atom stereocenters. The van der Waals surface area contributed by atoms with E-state index in [1.165, 1.54) is 0 Å². The van der Waals surface area contributed by atoms with Crippen molar-refractivity contribution >= 4 is 12.1 Å². The number of aryl methyl sites for hydroxylation is 2. The maximum absolute atomic E-state index is 12.0. The van der Waals surface area contributed by atoms with Gasteiger partial charge < -0.3 is 25.3 Å². The predicted molar refractivity (Wildman–Crippen MR) is 121 cm³/mol. The number of hydrogen-bond donors (Lipinski definition) is 3. The van der Waals surface area contributed by atoms with Crippen LogP contribution in [0.15, 0.2) is 17.4 Å². The Labute approximate surface area is 181 Å². The van der Waals surface area contributed by atoms with E-state index in [0.717, 1.165) is 69.9 Å². The summed E-state index contributed by atoms with van der Waals surface area (Å²) in [5.41, 5.74) is -0.461. The van der Waals surface area contributed by atoms with Gasteiger partial charge in [0.05, 0.1) is 0 Å². The van der Waals surface area contributed by atoms with Crippen LogP contribution in [-0.4, -0.2) is 52.4 Å². The van der Waals surface area contributed by atoms with Crippen molar-refractivity contribution in [3.05, 3.63) is 18.2 Å². The maximum atomic E-state index is 12.0. The van der Waals surface area contributed by atoms with E-state index in [2.05, 4.69) is 32.4 Å². The van der Waals surface area contributed by atoms with Gasteiger partial charge in [0, 0.05) is 44.1 Å². The van der Waals surface area contributed by atoms with Crippen LogP contribution in [0.1, 0.15) is 72.0 Å². The van der Waals surface area contributed by atoms with Gasteiger partial charge in [-0.2, -0.15) is 0 Å². The van der Waals surface area contributed by atoms with Crippen LogP contribution in [0.2, 0.25) is 0 Å². The highest BCUT2D eigenvalue weighted by molar-refractivity contribution is 5.80. The van der Waals surface area contributed by atoms with E-state index in [0.29, 0.717) is 6.04 Å². The van der Waals surface area contributed by atoms with Crippen molar-refractivity contribution in [3.63, 3.8) is 0 Å². The van der Waals surface area contributed by atoms with Crippen molar-refractivity contribution in [2.45, 2.75) is 97.4 Å². The van der Waals surface area contributed by atoms with E-state index in [9.17, 15) is 4.79 Å². The van der Waals surface area contributed by atoms with Crippen LogP contribution in [-0.2, 0) is 11.3 Å². The molecule has 0 radical (unpaired) electrons. The monoisotopic (exact) mass is 420 g/mol. The quantitative estimate of drug-likeness (QED) is 0.341. The molecule has 3 N–H and O–H groups in total. The van der Waals surface area contributed by atoms with E-state index in [1.54, 1.807) is 0 Å². The highest BCUT2D eigenvalue weighted by Gasteiger charge is 2.25. The number of amides is 1. The number of rotatable bonds is 8. The number of nitrogens with one attached hydrogen (secondary N) is 3. The molecular weight excluding hydrogens is 380 g/mol. The average molecular weight is 421 g/mol. The molecule has 1 saturated carbocycles. The Bertz CT molecular complexity index is 671. The zero-order valence-electron chi connectivity index (χ0n) is 19.3. The first-order valence-electron chi connectivity index (χ1n) is 11.3. The zero-order valence-corrected chi connectivity index (χ0v) is 19.3. The van der Waals surface area contributed by atoms with Crippen LogP contribution in [0, 0.1) is 6.92 Å². The number of aliphatic imine (C=N–C) groups is 1. The molecule has 1 heterocycles. The van der Waals surface area contributed by atoms with Crippen molar-refractivity contribution in [2.24, 2.45) is 4.99 Å². The molecule has 1 aliphatic carbocycles. The molecule has 0 aliphatic heterocycles. The summed E-state index contributed by atoms with van der Waals surface area (Å²) in [6, 6.07) is 0.567. The molecule has 0 aromatic carbocycles. The number of guanidine groups is 1. The van der Waals surface area contributed by atoms with Crippen LogP contribution in [0.3, 0.4) is 0 Å². The van der Waals surface area contributed by atoms with Gasteiger partial charge in [-0.25, -0.2) is 9.78 Å². The smallest absolute Gasteiger partial charge is 0.407 e. The van der Waals surface area contributed by atoms with Crippen LogP contribution < -0.4 is 16.0 Å². The second kappa shape index (κ2) is 11.8. The predicted octanol–water partition coefficient (Wildman–Crippen LogP) is 3.36. The van der Waals surface area contributed by atoms with E-state index in [-0.39, 0.29) is 12.1 Å². The fraction of sp³-hybridized carbons (Fsp3) is 0.773. The third kappa shape index (κ3) is 9.05. The van der Waals surface area contributed by atoms with E-state index in [4.69, 9.17) is 9.73 Å². The molecule has 1 aromatic rings. The average Bonchev–Trinajstić information content (AvgIpc) is 3.06. The molecule has 8 heteroatoms. The Balaban J connectivity index is 1.69. The Hall–Kier alpha value is -2.25. The van der Waals surface area contributed by atoms with Gasteiger partial charge in [-0.3, -0.25) is 4.99 Å². The number of aromatic nitrogens is 2. The molecule has 0 unspecified atom stereocenters. The summed E-state index contributed by atoms with van der Waals surface area (Å²) in [7, 11) is 0. The van der Waals surface area contributed by atoms with Crippen molar-refractivity contribution in [1.29, 1.82) is 0 Å². The fourth-order valence-electron chi connectivity index (χ4n) is 3.59. The number of alkyl carbamates (subject to hydrolysis) is 1. The third-order valence-electron chi connectivity index (χ3n) is 5.13. The molecule has 170 valence electrons. The molecule has 8 nitrogen and oxygen atoms in total. The summed E-state index contributed by atoms with van der Waals surface area (Å²) in [6.07, 6.45) is 9.58. The molecule has 1 amide bonds. The summed E-state index contributed by atoms with van der Waals surface area (Å²) in [5, 5.41) is 9.91. The molecule has 2 rings (SSSR count). The fourth-order valence-corrected chi connectivity index (χ4v) is 3.59. The number of carbonyl (C=O) groups is 1. The van der Waals surface area contributed by atoms with E-state index in [1.807, 2.05) is 40.1 Å². The minimum atomic E-state index is -0.461. The molecule has 1 fully saturated rings. The van der Waals surface area contributed by atoms with Crippen LogP contribution >= 0.6 is 0 Å². The van der Waals surface area contributed by atoms with Crippen molar-refractivity contribution in [1.82, 2.24) is 25.5 Å². The Morgan fingerprint density at radius 2 is 1.87 bits per heavy atom. The van der Waals surface area contributed by atoms with Gasteiger partial charge in [0.2, 0.25) is 0 Å². The summed E-state index contributed by atoms with van der Waals surface area (Å²) in [6.45, 7) is 12.4. The second-order valence-electron chi connectivity index (χ2n) is 8.97. The number of imidazole rings is 1. The number of hydrogen-bond acceptors (Lipinski definition) is 4. The molecule has 0 saturated heterocycles. The molecule has 1 aliphatic rings. The summed E-state index contributed by atoms with van der Waals surface area (Å²) >= 11 is 0. The highest BCUT2D eigenvalue weighted by atomic mass is 16.6. The molecule has 30 heavy (non-hydrogen) atoms. The molecule has 0 bridgehead atoms. The second-order valence-corrected chi connectivity index (χ2v) is 8.97. The first-order valence-corrected chi connectivity index (χ1v) is 11.3. The third-order valence-corrected chi connectivity index (χ3v) is 5.13. The Kier molecular flexibility index (Phi) is 9.46.